The third-order valence-electron chi connectivity index (χ3n) is 7.01. The smallest absolute Gasteiger partial charge is 0.262 e. The average molecular weight is 634 g/mol. The Balaban J connectivity index is 0.00000560. The molecule has 0 aromatic heterocycles. The second-order valence-corrected chi connectivity index (χ2v) is 11.3. The molecule has 0 bridgehead atoms. The summed E-state index contributed by atoms with van der Waals surface area (Å²) in [6, 6.07) is 15.6. The number of unbranched alkanes of at least 4 members (excludes halogenated alkanes) is 11. The third kappa shape index (κ3) is 14.0. The number of hydrogen-bond donors (Lipinski definition) is 1. The molecule has 1 aliphatic rings. The lowest BCUT2D eigenvalue weighted by molar-refractivity contribution is -0.118. The fourth-order valence-corrected chi connectivity index (χ4v) is 5.63. The lowest BCUT2D eigenvalue weighted by atomic mass is 10.1. The van der Waals surface area contributed by atoms with E-state index in [-0.39, 0.29) is 29.5 Å². The van der Waals surface area contributed by atoms with Crippen LogP contribution in [0.4, 0.5) is 5.69 Å². The van der Waals surface area contributed by atoms with Gasteiger partial charge in [0, 0.05) is 24.0 Å². The lowest BCUT2D eigenvalue weighted by Gasteiger charge is -2.19. The van der Waals surface area contributed by atoms with Gasteiger partial charge in [0.15, 0.2) is 6.61 Å². The molecule has 0 saturated carbocycles. The molecule has 222 valence electrons. The molecule has 1 N–H and O–H groups in total. The van der Waals surface area contributed by atoms with Gasteiger partial charge in [-0.15, -0.1) is 28.7 Å². The third-order valence-corrected chi connectivity index (χ3v) is 7.98. The molecule has 0 aliphatic carbocycles. The van der Waals surface area contributed by atoms with Crippen LogP contribution in [0.25, 0.3) is 0 Å². The molecule has 0 radical (unpaired) electrons. The molecule has 0 spiro atoms. The number of carbonyl (C=O) groups is 1. The van der Waals surface area contributed by atoms with Gasteiger partial charge in [0.05, 0.1) is 12.5 Å². The van der Waals surface area contributed by atoms with E-state index in [0.717, 1.165) is 30.3 Å². The van der Waals surface area contributed by atoms with Crippen LogP contribution < -0.4 is 14.8 Å². The predicted octanol–water partition coefficient (Wildman–Crippen LogP) is 9.73. The van der Waals surface area contributed by atoms with E-state index in [1.807, 2.05) is 54.2 Å². The van der Waals surface area contributed by atoms with Crippen molar-refractivity contribution in [3.63, 3.8) is 0 Å². The Hall–Kier alpha value is -2.12. The molecule has 0 fully saturated rings. The van der Waals surface area contributed by atoms with E-state index in [9.17, 15) is 4.79 Å². The Kier molecular flexibility index (Phi) is 17.6. The van der Waals surface area contributed by atoms with Crippen LogP contribution in [-0.4, -0.2) is 29.9 Å². The van der Waals surface area contributed by atoms with Gasteiger partial charge in [-0.25, -0.2) is 0 Å². The molecule has 3 rings (SSSR count). The van der Waals surface area contributed by atoms with Gasteiger partial charge in [-0.1, -0.05) is 95.8 Å². The van der Waals surface area contributed by atoms with Gasteiger partial charge in [0.1, 0.15) is 11.5 Å². The second-order valence-electron chi connectivity index (χ2n) is 10.5. The first kappa shape index (κ1) is 34.1. The molecule has 2 aromatic rings. The quantitative estimate of drug-likeness (QED) is 0.147. The average Bonchev–Trinajstić information content (AvgIpc) is 3.34. The van der Waals surface area contributed by atoms with Crippen LogP contribution in [0.3, 0.4) is 0 Å². The van der Waals surface area contributed by atoms with Crippen LogP contribution in [-0.2, 0) is 11.3 Å². The number of allylic oxidation sites excluding steroid dienone is 1. The van der Waals surface area contributed by atoms with E-state index >= 15 is 0 Å². The normalized spacial score (nSPS) is 12.6. The number of rotatable bonds is 20. The van der Waals surface area contributed by atoms with Crippen molar-refractivity contribution in [3.05, 3.63) is 65.2 Å². The Morgan fingerprint density at radius 3 is 2.12 bits per heavy atom. The number of nitrogens with one attached hydrogen (secondary N) is 1. The first-order valence-electron chi connectivity index (χ1n) is 14.9. The molecule has 0 saturated heterocycles. The predicted molar refractivity (Wildman–Crippen MR) is 176 cm³/mol. The van der Waals surface area contributed by atoms with Gasteiger partial charge >= 0.3 is 0 Å². The van der Waals surface area contributed by atoms with Gasteiger partial charge in [0.2, 0.25) is 0 Å². The van der Waals surface area contributed by atoms with Crippen LogP contribution in [0.5, 0.6) is 11.5 Å². The number of benzene rings is 2. The number of thioether (sulfide) groups is 1. The van der Waals surface area contributed by atoms with Crippen molar-refractivity contribution in [2.45, 2.75) is 97.4 Å². The summed E-state index contributed by atoms with van der Waals surface area (Å²) < 4.78 is 11.7. The molecule has 40 heavy (non-hydrogen) atoms. The molecule has 1 amide bonds. The van der Waals surface area contributed by atoms with E-state index < -0.39 is 0 Å². The zero-order chi connectivity index (χ0) is 27.5. The molecule has 7 heteroatoms. The fraction of sp³-hybridized carbons (Fsp3) is 0.545. The maximum absolute atomic E-state index is 12.5. The summed E-state index contributed by atoms with van der Waals surface area (Å²) >= 11 is 1.81. The first-order chi connectivity index (χ1) is 19.1. The van der Waals surface area contributed by atoms with E-state index in [1.165, 1.54) is 81.9 Å². The van der Waals surface area contributed by atoms with Crippen LogP contribution in [0, 0.1) is 0 Å². The van der Waals surface area contributed by atoms with Crippen molar-refractivity contribution >= 4 is 40.3 Å². The maximum atomic E-state index is 12.5. The Bertz CT molecular complexity index is 1020. The minimum absolute atomic E-state index is 0. The van der Waals surface area contributed by atoms with Crippen molar-refractivity contribution in [2.75, 3.05) is 24.4 Å². The molecule has 2 aromatic carbocycles. The van der Waals surface area contributed by atoms with Gasteiger partial charge in [-0.3, -0.25) is 4.79 Å². The summed E-state index contributed by atoms with van der Waals surface area (Å²) in [7, 11) is 0. The number of nitrogens with zero attached hydrogens (tertiary/aromatic N) is 1. The van der Waals surface area contributed by atoms with E-state index in [4.69, 9.17) is 9.47 Å². The Morgan fingerprint density at radius 2 is 1.48 bits per heavy atom. The zero-order valence-corrected chi connectivity index (χ0v) is 27.0. The number of halogens is 1. The van der Waals surface area contributed by atoms with E-state index in [2.05, 4.69) is 35.5 Å². The van der Waals surface area contributed by atoms with Crippen molar-refractivity contribution in [1.29, 1.82) is 0 Å². The topological polar surface area (TPSA) is 50.8 Å². The minimum Gasteiger partial charge on any atom is -0.493 e. The monoisotopic (exact) mass is 632 g/mol. The molecule has 5 nitrogen and oxygen atoms in total. The highest BCUT2D eigenvalue weighted by molar-refractivity contribution is 8.93. The maximum Gasteiger partial charge on any atom is 0.262 e. The molecule has 1 heterocycles. The zero-order valence-electron chi connectivity index (χ0n) is 24.5. The van der Waals surface area contributed by atoms with E-state index in [1.54, 1.807) is 0 Å². The van der Waals surface area contributed by atoms with Gasteiger partial charge < -0.3 is 19.7 Å². The molecule has 0 atom stereocenters. The Labute approximate surface area is 257 Å². The Morgan fingerprint density at radius 1 is 0.850 bits per heavy atom. The fourth-order valence-electron chi connectivity index (χ4n) is 4.70. The summed E-state index contributed by atoms with van der Waals surface area (Å²) in [5.74, 6) is 2.22. The molecule has 1 aliphatic heterocycles. The van der Waals surface area contributed by atoms with Crippen molar-refractivity contribution in [2.24, 2.45) is 0 Å². The number of amides is 1. The van der Waals surface area contributed by atoms with Gasteiger partial charge in [-0.2, -0.15) is 0 Å². The highest BCUT2D eigenvalue weighted by atomic mass is 79.9. The number of carbonyl (C=O) groups excluding carboxylic acids is 1. The van der Waals surface area contributed by atoms with Gasteiger partial charge in [-0.05, 0) is 48.6 Å². The molecular formula is C33H49BrN2O3S. The lowest BCUT2D eigenvalue weighted by Crippen LogP contribution is -2.20. The SMILES string of the molecule is Br.CCCCCCCCCCCCCCOc1cccc(OCC(=O)Nc2cccc(CN3CSC=C3C)c2)c1. The van der Waals surface area contributed by atoms with Crippen LogP contribution in [0.1, 0.15) is 96.5 Å². The summed E-state index contributed by atoms with van der Waals surface area (Å²) in [6.45, 7) is 5.90. The van der Waals surface area contributed by atoms with Crippen LogP contribution in [0.2, 0.25) is 0 Å². The standard InChI is InChI=1S/C33H48N2O3S.BrH/c1-3-4-5-6-7-8-9-10-11-12-13-14-21-37-31-19-16-20-32(23-31)38-25-33(36)34-30-18-15-17-29(22-30)24-35-27-39-26-28(35)2;/h15-20,22-23,26H,3-14,21,24-25,27H2,1-2H3,(H,34,36);1H. The summed E-state index contributed by atoms with van der Waals surface area (Å²) in [5, 5.41) is 5.13. The van der Waals surface area contributed by atoms with Crippen molar-refractivity contribution in [1.82, 2.24) is 4.90 Å². The van der Waals surface area contributed by atoms with E-state index in [0.29, 0.717) is 12.4 Å². The largest absolute Gasteiger partial charge is 0.493 e. The van der Waals surface area contributed by atoms with Crippen molar-refractivity contribution in [3.8, 4) is 11.5 Å². The first-order valence-corrected chi connectivity index (χ1v) is 16.0. The number of hydrogen-bond acceptors (Lipinski definition) is 5. The summed E-state index contributed by atoms with van der Waals surface area (Å²) in [4.78, 5) is 14.8. The minimum atomic E-state index is -0.178. The number of ether oxygens (including phenoxy) is 2. The summed E-state index contributed by atoms with van der Waals surface area (Å²) in [6.07, 6.45) is 16.0. The van der Waals surface area contributed by atoms with Crippen LogP contribution >= 0.6 is 28.7 Å². The molecular weight excluding hydrogens is 584 g/mol. The highest BCUT2D eigenvalue weighted by Crippen LogP contribution is 2.25. The highest BCUT2D eigenvalue weighted by Gasteiger charge is 2.12. The summed E-state index contributed by atoms with van der Waals surface area (Å²) in [5.41, 5.74) is 3.24. The van der Waals surface area contributed by atoms with Gasteiger partial charge in [0.25, 0.3) is 5.91 Å². The van der Waals surface area contributed by atoms with Crippen LogP contribution in [0.15, 0.2) is 59.6 Å². The number of anilines is 1. The molecule has 0 unspecified atom stereocenters. The second kappa shape index (κ2) is 20.7. The van der Waals surface area contributed by atoms with Crippen molar-refractivity contribution < 1.29 is 14.3 Å².